The quantitative estimate of drug-likeness (QED) is 0.292. The number of aliphatic imine (C=N–C) groups is 1. The summed E-state index contributed by atoms with van der Waals surface area (Å²) in [4.78, 5) is 21.4. The van der Waals surface area contributed by atoms with Gasteiger partial charge in [0.25, 0.3) is 0 Å². The van der Waals surface area contributed by atoms with Crippen LogP contribution in [0.1, 0.15) is 44.1 Å². The van der Waals surface area contributed by atoms with Crippen LogP contribution >= 0.6 is 24.0 Å². The van der Waals surface area contributed by atoms with E-state index in [-0.39, 0.29) is 35.9 Å². The molecule has 1 amide bonds. The Morgan fingerprint density at radius 2 is 1.94 bits per heavy atom. The number of likely N-dealkylation sites (N-methyl/N-ethyl adjacent to an activating group) is 1. The monoisotopic (exact) mass is 557 g/mol. The van der Waals surface area contributed by atoms with Crippen LogP contribution in [-0.4, -0.2) is 75.1 Å². The minimum absolute atomic E-state index is 0. The molecule has 3 rings (SSSR count). The van der Waals surface area contributed by atoms with E-state index >= 15 is 0 Å². The number of ether oxygens (including phenoxy) is 1. The van der Waals surface area contributed by atoms with Gasteiger partial charge in [0.1, 0.15) is 12.4 Å². The lowest BCUT2D eigenvalue weighted by Gasteiger charge is -2.26. The van der Waals surface area contributed by atoms with Crippen molar-refractivity contribution in [3.8, 4) is 5.75 Å². The SMILES string of the molecule is CN=C(NCc1ccccc1OCCN(C)C)NC1CCN(C(=O)C2CCCCC2)C1.I. The summed E-state index contributed by atoms with van der Waals surface area (Å²) in [5.74, 6) is 2.27. The summed E-state index contributed by atoms with van der Waals surface area (Å²) in [6.07, 6.45) is 6.76. The molecule has 1 aromatic carbocycles. The molecule has 2 N–H and O–H groups in total. The number of carbonyl (C=O) groups is 1. The van der Waals surface area contributed by atoms with Crippen molar-refractivity contribution in [3.63, 3.8) is 0 Å². The van der Waals surface area contributed by atoms with Gasteiger partial charge in [-0.3, -0.25) is 9.79 Å². The van der Waals surface area contributed by atoms with Crippen molar-refractivity contribution in [1.29, 1.82) is 0 Å². The van der Waals surface area contributed by atoms with Crippen molar-refractivity contribution in [2.24, 2.45) is 10.9 Å². The Kier molecular flexibility index (Phi) is 11.6. The molecule has 1 saturated carbocycles. The molecule has 1 aliphatic heterocycles. The number of hydrogen-bond donors (Lipinski definition) is 2. The Bertz CT molecular complexity index is 737. The van der Waals surface area contributed by atoms with Crippen molar-refractivity contribution >= 4 is 35.8 Å². The maximum atomic E-state index is 12.8. The van der Waals surface area contributed by atoms with E-state index < -0.39 is 0 Å². The summed E-state index contributed by atoms with van der Waals surface area (Å²) >= 11 is 0. The molecular formula is C24H40IN5O2. The van der Waals surface area contributed by atoms with E-state index in [4.69, 9.17) is 4.74 Å². The molecule has 1 atom stereocenters. The molecule has 1 aliphatic carbocycles. The highest BCUT2D eigenvalue weighted by Crippen LogP contribution is 2.26. The topological polar surface area (TPSA) is 69.2 Å². The molecule has 0 aromatic heterocycles. The Morgan fingerprint density at radius 1 is 1.19 bits per heavy atom. The normalized spacial score (nSPS) is 19.6. The van der Waals surface area contributed by atoms with Crippen LogP contribution in [0.25, 0.3) is 0 Å². The molecule has 2 fully saturated rings. The van der Waals surface area contributed by atoms with Crippen LogP contribution in [0, 0.1) is 5.92 Å². The average Bonchev–Trinajstić information content (AvgIpc) is 3.25. The standard InChI is InChI=1S/C24H39N5O2.HI/c1-25-24(26-17-20-11-7-8-12-22(20)31-16-15-28(2)3)27-21-13-14-29(18-21)23(30)19-9-5-4-6-10-19;/h7-8,11-12,19,21H,4-6,9-10,13-18H2,1-3H3,(H2,25,26,27);1H. The van der Waals surface area contributed by atoms with E-state index in [1.165, 1.54) is 19.3 Å². The highest BCUT2D eigenvalue weighted by atomic mass is 127. The number of likely N-dealkylation sites (tertiary alicyclic amines) is 1. The Balaban J connectivity index is 0.00000363. The second-order valence-electron chi connectivity index (χ2n) is 8.93. The van der Waals surface area contributed by atoms with E-state index in [1.54, 1.807) is 7.05 Å². The molecule has 1 aromatic rings. The van der Waals surface area contributed by atoms with Gasteiger partial charge in [-0.2, -0.15) is 0 Å². The number of hydrogen-bond acceptors (Lipinski definition) is 4. The first kappa shape index (κ1) is 26.7. The summed E-state index contributed by atoms with van der Waals surface area (Å²) in [6, 6.07) is 8.35. The molecule has 32 heavy (non-hydrogen) atoms. The van der Waals surface area contributed by atoms with Gasteiger partial charge in [0.15, 0.2) is 5.96 Å². The molecule has 1 saturated heterocycles. The number of para-hydroxylation sites is 1. The molecule has 1 unspecified atom stereocenters. The van der Waals surface area contributed by atoms with Crippen LogP contribution in [0.3, 0.4) is 0 Å². The molecule has 0 radical (unpaired) electrons. The first-order valence-electron chi connectivity index (χ1n) is 11.7. The Morgan fingerprint density at radius 3 is 2.66 bits per heavy atom. The van der Waals surface area contributed by atoms with E-state index in [9.17, 15) is 4.79 Å². The third-order valence-corrected chi connectivity index (χ3v) is 6.23. The number of carbonyl (C=O) groups excluding carboxylic acids is 1. The number of nitrogens with zero attached hydrogens (tertiary/aromatic N) is 3. The second kappa shape index (κ2) is 13.9. The highest BCUT2D eigenvalue weighted by Gasteiger charge is 2.31. The highest BCUT2D eigenvalue weighted by molar-refractivity contribution is 14.0. The number of rotatable bonds is 8. The minimum Gasteiger partial charge on any atom is -0.492 e. The first-order valence-corrected chi connectivity index (χ1v) is 11.7. The number of nitrogens with one attached hydrogen (secondary N) is 2. The van der Waals surface area contributed by atoms with Gasteiger partial charge in [-0.05, 0) is 39.4 Å². The first-order chi connectivity index (χ1) is 15.1. The zero-order valence-electron chi connectivity index (χ0n) is 19.8. The molecule has 2 aliphatic rings. The average molecular weight is 558 g/mol. The fourth-order valence-corrected chi connectivity index (χ4v) is 4.38. The summed E-state index contributed by atoms with van der Waals surface area (Å²) in [7, 11) is 5.87. The molecule has 180 valence electrons. The Hall–Kier alpha value is -1.55. The molecule has 1 heterocycles. The Labute approximate surface area is 210 Å². The lowest BCUT2D eigenvalue weighted by atomic mass is 9.88. The molecular weight excluding hydrogens is 517 g/mol. The summed E-state index contributed by atoms with van der Waals surface area (Å²) < 4.78 is 5.96. The number of benzene rings is 1. The largest absolute Gasteiger partial charge is 0.492 e. The maximum absolute atomic E-state index is 12.8. The van der Waals surface area contributed by atoms with E-state index in [1.807, 2.05) is 32.3 Å². The maximum Gasteiger partial charge on any atom is 0.225 e. The van der Waals surface area contributed by atoms with Crippen LogP contribution in [0.15, 0.2) is 29.3 Å². The minimum atomic E-state index is 0. The van der Waals surface area contributed by atoms with Crippen LogP contribution in [0.2, 0.25) is 0 Å². The van der Waals surface area contributed by atoms with Gasteiger partial charge < -0.3 is 25.2 Å². The lowest BCUT2D eigenvalue weighted by Crippen LogP contribution is -2.45. The van der Waals surface area contributed by atoms with Crippen LogP contribution in [0.5, 0.6) is 5.75 Å². The zero-order chi connectivity index (χ0) is 22.1. The predicted molar refractivity (Wildman–Crippen MR) is 141 cm³/mol. The third kappa shape index (κ3) is 8.10. The third-order valence-electron chi connectivity index (χ3n) is 6.23. The van der Waals surface area contributed by atoms with Crippen molar-refractivity contribution in [3.05, 3.63) is 29.8 Å². The van der Waals surface area contributed by atoms with Gasteiger partial charge in [-0.1, -0.05) is 37.5 Å². The summed E-state index contributed by atoms with van der Waals surface area (Å²) in [5.41, 5.74) is 1.10. The van der Waals surface area contributed by atoms with E-state index in [0.29, 0.717) is 19.1 Å². The van der Waals surface area contributed by atoms with Crippen molar-refractivity contribution < 1.29 is 9.53 Å². The zero-order valence-corrected chi connectivity index (χ0v) is 22.1. The van der Waals surface area contributed by atoms with Crippen LogP contribution in [0.4, 0.5) is 0 Å². The van der Waals surface area contributed by atoms with Gasteiger partial charge >= 0.3 is 0 Å². The lowest BCUT2D eigenvalue weighted by molar-refractivity contribution is -0.135. The van der Waals surface area contributed by atoms with Crippen molar-refractivity contribution in [2.75, 3.05) is 47.4 Å². The number of amides is 1. The van der Waals surface area contributed by atoms with Gasteiger partial charge in [0, 0.05) is 50.7 Å². The molecule has 0 bridgehead atoms. The summed E-state index contributed by atoms with van der Waals surface area (Å²) in [6.45, 7) is 3.77. The predicted octanol–water partition coefficient (Wildman–Crippen LogP) is 3.09. The fraction of sp³-hybridized carbons (Fsp3) is 0.667. The van der Waals surface area contributed by atoms with E-state index in [0.717, 1.165) is 56.2 Å². The summed E-state index contributed by atoms with van der Waals surface area (Å²) in [5, 5.41) is 6.90. The molecule has 0 spiro atoms. The van der Waals surface area contributed by atoms with Gasteiger partial charge in [0.2, 0.25) is 5.91 Å². The second-order valence-corrected chi connectivity index (χ2v) is 8.93. The fourth-order valence-electron chi connectivity index (χ4n) is 4.38. The molecule has 8 heteroatoms. The number of halogens is 1. The van der Waals surface area contributed by atoms with Crippen LogP contribution < -0.4 is 15.4 Å². The smallest absolute Gasteiger partial charge is 0.225 e. The van der Waals surface area contributed by atoms with E-state index in [2.05, 4.69) is 31.5 Å². The van der Waals surface area contributed by atoms with Crippen molar-refractivity contribution in [2.45, 2.75) is 51.1 Å². The van der Waals surface area contributed by atoms with Crippen LogP contribution in [-0.2, 0) is 11.3 Å². The molecule has 7 nitrogen and oxygen atoms in total. The van der Waals surface area contributed by atoms with Crippen molar-refractivity contribution in [1.82, 2.24) is 20.4 Å². The van der Waals surface area contributed by atoms with Gasteiger partial charge in [-0.15, -0.1) is 24.0 Å². The van der Waals surface area contributed by atoms with Gasteiger partial charge in [0.05, 0.1) is 0 Å². The number of guanidine groups is 1. The van der Waals surface area contributed by atoms with Gasteiger partial charge in [-0.25, -0.2) is 0 Å².